The van der Waals surface area contributed by atoms with Crippen LogP contribution in [0.15, 0.2) is 52.4 Å². The second-order valence-electron chi connectivity index (χ2n) is 9.88. The molecule has 0 saturated heterocycles. The molecule has 0 spiro atoms. The molecule has 0 amide bonds. The van der Waals surface area contributed by atoms with Crippen molar-refractivity contribution < 1.29 is 28.2 Å². The maximum atomic E-state index is 14.6. The molecule has 9 nitrogen and oxygen atoms in total. The Kier molecular flexibility index (Phi) is 8.79. The lowest BCUT2D eigenvalue weighted by Gasteiger charge is -2.35. The first-order valence-electron chi connectivity index (χ1n) is 13.3. The number of thiazole rings is 1. The number of amidine groups is 1. The number of aromatic nitrogens is 3. The number of aliphatic carboxylic acids is 1. The smallest absolute Gasteiger partial charge is 0.338 e. The van der Waals surface area contributed by atoms with E-state index in [4.69, 9.17) is 26.4 Å². The van der Waals surface area contributed by atoms with Crippen LogP contribution >= 0.6 is 22.9 Å². The van der Waals surface area contributed by atoms with Gasteiger partial charge in [-0.2, -0.15) is 5.10 Å². The highest BCUT2D eigenvalue weighted by atomic mass is 35.5. The zero-order chi connectivity index (χ0) is 29.1. The van der Waals surface area contributed by atoms with Gasteiger partial charge in [0.15, 0.2) is 22.5 Å². The summed E-state index contributed by atoms with van der Waals surface area (Å²) in [5, 5.41) is 18.5. The van der Waals surface area contributed by atoms with Crippen LogP contribution in [0.1, 0.15) is 67.1 Å². The van der Waals surface area contributed by atoms with E-state index >= 15 is 0 Å². The van der Waals surface area contributed by atoms with Gasteiger partial charge in [0.1, 0.15) is 6.04 Å². The molecule has 1 aliphatic carbocycles. The Labute approximate surface area is 243 Å². The first kappa shape index (κ1) is 28.9. The second-order valence-corrected chi connectivity index (χ2v) is 11.2. The van der Waals surface area contributed by atoms with Crippen molar-refractivity contribution >= 4 is 40.7 Å². The summed E-state index contributed by atoms with van der Waals surface area (Å²) in [5.74, 6) is -3.23. The van der Waals surface area contributed by atoms with Crippen molar-refractivity contribution in [1.29, 1.82) is 0 Å². The molecule has 216 valence electrons. The van der Waals surface area contributed by atoms with Gasteiger partial charge in [0.05, 0.1) is 36.4 Å². The van der Waals surface area contributed by atoms with Gasteiger partial charge in [0.2, 0.25) is 0 Å². The summed E-state index contributed by atoms with van der Waals surface area (Å²) in [4.78, 5) is 33.4. The standard InChI is InChI=1S/C28H28ClF2N5O4S/c1-2-40-28(39)21-24(16-5-3-15(4-6-16)17-13-33-36(14-17)11-9-20(37)38)34-26(27-32-10-12-41-27)35-25(21)18-7-8-19(30)23(31)22(18)29/h7-8,10,12-16,25H,2-6,9,11H2,1H3,(H,34,35)(H,37,38). The summed E-state index contributed by atoms with van der Waals surface area (Å²) in [5.41, 5.74) is 2.03. The van der Waals surface area contributed by atoms with E-state index in [1.165, 1.54) is 17.4 Å². The van der Waals surface area contributed by atoms with Gasteiger partial charge >= 0.3 is 11.9 Å². The molecule has 1 fully saturated rings. The van der Waals surface area contributed by atoms with Crippen LogP contribution in [-0.2, 0) is 20.9 Å². The highest BCUT2D eigenvalue weighted by Gasteiger charge is 2.38. The van der Waals surface area contributed by atoms with E-state index in [0.717, 1.165) is 37.3 Å². The molecule has 5 rings (SSSR count). The Morgan fingerprint density at radius 2 is 1.98 bits per heavy atom. The molecule has 0 bridgehead atoms. The number of hydrogen-bond donors (Lipinski definition) is 2. The van der Waals surface area contributed by atoms with Crippen molar-refractivity contribution in [1.82, 2.24) is 20.1 Å². The number of allylic oxidation sites excluding steroid dienone is 1. The Balaban J connectivity index is 1.48. The van der Waals surface area contributed by atoms with Crippen LogP contribution in [0.5, 0.6) is 0 Å². The van der Waals surface area contributed by atoms with E-state index in [0.29, 0.717) is 23.1 Å². The van der Waals surface area contributed by atoms with Crippen LogP contribution in [0.2, 0.25) is 5.02 Å². The van der Waals surface area contributed by atoms with Crippen LogP contribution in [0.25, 0.3) is 0 Å². The minimum absolute atomic E-state index is 0.00353. The first-order valence-corrected chi connectivity index (χ1v) is 14.6. The summed E-state index contributed by atoms with van der Waals surface area (Å²) >= 11 is 7.64. The van der Waals surface area contributed by atoms with Crippen molar-refractivity contribution in [2.75, 3.05) is 6.61 Å². The molecule has 1 aromatic carbocycles. The zero-order valence-corrected chi connectivity index (χ0v) is 23.7. The van der Waals surface area contributed by atoms with Crippen LogP contribution in [-0.4, -0.2) is 44.3 Å². The quantitative estimate of drug-likeness (QED) is 0.240. The summed E-state index contributed by atoms with van der Waals surface area (Å²) in [7, 11) is 0. The number of carboxylic acid groups (broad SMARTS) is 1. The number of rotatable bonds is 9. The van der Waals surface area contributed by atoms with Gasteiger partial charge in [-0.05, 0) is 56.1 Å². The molecule has 3 aromatic rings. The molecule has 0 radical (unpaired) electrons. The second kappa shape index (κ2) is 12.5. The summed E-state index contributed by atoms with van der Waals surface area (Å²) in [6, 6.07) is 1.29. The Morgan fingerprint density at radius 3 is 2.66 bits per heavy atom. The largest absolute Gasteiger partial charge is 0.481 e. The predicted molar refractivity (Wildman–Crippen MR) is 149 cm³/mol. The average molecular weight is 604 g/mol. The summed E-state index contributed by atoms with van der Waals surface area (Å²) < 4.78 is 35.6. The van der Waals surface area contributed by atoms with E-state index < -0.39 is 34.6 Å². The highest BCUT2D eigenvalue weighted by molar-refractivity contribution is 7.11. The highest BCUT2D eigenvalue weighted by Crippen LogP contribution is 2.44. The molecule has 2 aliphatic rings. The number of carbonyl (C=O) groups excluding carboxylic acids is 1. The summed E-state index contributed by atoms with van der Waals surface area (Å²) in [6.45, 7) is 2.12. The minimum Gasteiger partial charge on any atom is -0.481 e. The van der Waals surface area contributed by atoms with Gasteiger partial charge in [0, 0.05) is 29.0 Å². The molecule has 1 aliphatic heterocycles. The number of carboxylic acids is 1. The minimum atomic E-state index is -1.21. The lowest BCUT2D eigenvalue weighted by Crippen LogP contribution is -2.38. The SMILES string of the molecule is CCOC(=O)C1=C(C2CCC(c3cnn(CCC(=O)O)c3)CC2)NC(c2nccs2)=NC1c1ccc(F)c(F)c1Cl. The molecule has 3 heterocycles. The Hall–Kier alpha value is -3.64. The lowest BCUT2D eigenvalue weighted by molar-refractivity contribution is -0.139. The predicted octanol–water partition coefficient (Wildman–Crippen LogP) is 5.63. The molecule has 1 atom stereocenters. The zero-order valence-electron chi connectivity index (χ0n) is 22.1. The van der Waals surface area contributed by atoms with Crippen LogP contribution in [0.4, 0.5) is 8.78 Å². The number of hydrogen-bond acceptors (Lipinski definition) is 8. The fourth-order valence-electron chi connectivity index (χ4n) is 5.38. The van der Waals surface area contributed by atoms with E-state index in [-0.39, 0.29) is 36.0 Å². The number of aliphatic imine (C=N–C) groups is 1. The number of benzene rings is 1. The monoisotopic (exact) mass is 603 g/mol. The first-order chi connectivity index (χ1) is 19.8. The molecular formula is C28H28ClF2N5O4S. The van der Waals surface area contributed by atoms with E-state index in [1.807, 2.05) is 6.20 Å². The van der Waals surface area contributed by atoms with Gasteiger partial charge in [-0.1, -0.05) is 17.7 Å². The van der Waals surface area contributed by atoms with Crippen molar-refractivity contribution in [3.8, 4) is 0 Å². The lowest BCUT2D eigenvalue weighted by atomic mass is 9.76. The van der Waals surface area contributed by atoms with E-state index in [9.17, 15) is 18.4 Å². The third-order valence-electron chi connectivity index (χ3n) is 7.38. The molecular weight excluding hydrogens is 576 g/mol. The fourth-order valence-corrected chi connectivity index (χ4v) is 6.23. The van der Waals surface area contributed by atoms with Crippen LogP contribution < -0.4 is 5.32 Å². The number of esters is 1. The Morgan fingerprint density at radius 1 is 1.22 bits per heavy atom. The topological polar surface area (TPSA) is 119 Å². The molecule has 41 heavy (non-hydrogen) atoms. The Bertz CT molecular complexity index is 1500. The number of carbonyl (C=O) groups is 2. The molecule has 13 heteroatoms. The molecule has 1 saturated carbocycles. The normalized spacial score (nSPS) is 20.9. The summed E-state index contributed by atoms with van der Waals surface area (Å²) in [6.07, 6.45) is 8.35. The molecule has 1 unspecified atom stereocenters. The molecule has 2 aromatic heterocycles. The van der Waals surface area contributed by atoms with Gasteiger partial charge in [-0.15, -0.1) is 11.3 Å². The maximum absolute atomic E-state index is 14.6. The van der Waals surface area contributed by atoms with Crippen molar-refractivity contribution in [2.45, 2.75) is 57.5 Å². The number of nitrogens with one attached hydrogen (secondary N) is 1. The number of aryl methyl sites for hydroxylation is 1. The van der Waals surface area contributed by atoms with Crippen molar-refractivity contribution in [2.24, 2.45) is 10.9 Å². The third kappa shape index (κ3) is 6.18. The third-order valence-corrected chi connectivity index (χ3v) is 8.54. The number of ether oxygens (including phenoxy) is 1. The van der Waals surface area contributed by atoms with Crippen molar-refractivity contribution in [3.05, 3.63) is 80.2 Å². The maximum Gasteiger partial charge on any atom is 0.338 e. The van der Waals surface area contributed by atoms with Gasteiger partial charge in [-0.3, -0.25) is 14.5 Å². The van der Waals surface area contributed by atoms with E-state index in [1.54, 1.807) is 29.4 Å². The van der Waals surface area contributed by atoms with Crippen molar-refractivity contribution in [3.63, 3.8) is 0 Å². The fraction of sp³-hybridized carbons (Fsp3) is 0.393. The van der Waals surface area contributed by atoms with Gasteiger partial charge in [-0.25, -0.2) is 18.6 Å². The average Bonchev–Trinajstić information content (AvgIpc) is 3.68. The van der Waals surface area contributed by atoms with E-state index in [2.05, 4.69) is 15.4 Å². The van der Waals surface area contributed by atoms with Gasteiger partial charge < -0.3 is 15.2 Å². The number of nitrogens with zero attached hydrogens (tertiary/aromatic N) is 4. The van der Waals surface area contributed by atoms with Crippen LogP contribution in [0, 0.1) is 17.6 Å². The van der Waals surface area contributed by atoms with Crippen LogP contribution in [0.3, 0.4) is 0 Å². The van der Waals surface area contributed by atoms with Gasteiger partial charge in [0.25, 0.3) is 0 Å². The molecule has 2 N–H and O–H groups in total. The number of halogens is 3.